The molecule has 232 valence electrons. The first kappa shape index (κ1) is 29.7. The number of allylic oxidation sites excluding steroid dienone is 4. The van der Waals surface area contributed by atoms with Crippen LogP contribution in [0.4, 0.5) is 0 Å². The summed E-state index contributed by atoms with van der Waals surface area (Å²) in [5.41, 5.74) is 12.3. The lowest BCUT2D eigenvalue weighted by Gasteiger charge is -2.11. The molecule has 0 fully saturated rings. The Kier molecular flexibility index (Phi) is 7.80. The topological polar surface area (TPSA) is 43.6 Å². The van der Waals surface area contributed by atoms with Crippen molar-refractivity contribution in [1.82, 2.24) is 19.5 Å². The van der Waals surface area contributed by atoms with Gasteiger partial charge in [-0.05, 0) is 81.1 Å². The second kappa shape index (κ2) is 12.9. The molecule has 4 nitrogen and oxygen atoms in total. The number of para-hydroxylation sites is 2. The molecule has 0 radical (unpaired) electrons. The Hall–Kier alpha value is -6.65. The Morgan fingerprint density at radius 1 is 0.551 bits per heavy atom. The molecule has 0 aliphatic heterocycles. The van der Waals surface area contributed by atoms with Crippen molar-refractivity contribution in [2.24, 2.45) is 0 Å². The molecule has 8 rings (SSSR count). The van der Waals surface area contributed by atoms with Gasteiger partial charge < -0.3 is 0 Å². The van der Waals surface area contributed by atoms with Crippen molar-refractivity contribution in [3.8, 4) is 50.6 Å². The van der Waals surface area contributed by atoms with E-state index in [2.05, 4.69) is 126 Å². The summed E-state index contributed by atoms with van der Waals surface area (Å²) in [5, 5.41) is 2.40. The quantitative estimate of drug-likeness (QED) is 0.157. The van der Waals surface area contributed by atoms with Gasteiger partial charge in [0.15, 0.2) is 5.82 Å². The lowest BCUT2D eigenvalue weighted by Crippen LogP contribution is -1.97. The molecule has 4 heteroatoms. The minimum atomic E-state index is 0.662. The number of hydrogen-bond donors (Lipinski definition) is 0. The summed E-state index contributed by atoms with van der Waals surface area (Å²) >= 11 is 0. The number of aromatic nitrogens is 4. The molecule has 8 aromatic rings. The predicted molar refractivity (Wildman–Crippen MR) is 204 cm³/mol. The van der Waals surface area contributed by atoms with Crippen molar-refractivity contribution in [3.05, 3.63) is 189 Å². The normalized spacial score (nSPS) is 11.6. The summed E-state index contributed by atoms with van der Waals surface area (Å²) in [5.74, 6) is 0.662. The van der Waals surface area contributed by atoms with E-state index in [-0.39, 0.29) is 0 Å². The van der Waals surface area contributed by atoms with E-state index in [1.807, 2.05) is 54.9 Å². The van der Waals surface area contributed by atoms with Gasteiger partial charge in [0.05, 0.1) is 22.4 Å². The second-order valence-corrected chi connectivity index (χ2v) is 11.9. The fourth-order valence-electron chi connectivity index (χ4n) is 6.26. The zero-order valence-corrected chi connectivity index (χ0v) is 26.9. The predicted octanol–water partition coefficient (Wildman–Crippen LogP) is 11.4. The minimum absolute atomic E-state index is 0.662. The van der Waals surface area contributed by atoms with E-state index in [1.165, 1.54) is 21.9 Å². The van der Waals surface area contributed by atoms with E-state index in [0.29, 0.717) is 5.82 Å². The van der Waals surface area contributed by atoms with Crippen LogP contribution < -0.4 is 0 Å². The summed E-state index contributed by atoms with van der Waals surface area (Å²) in [6, 6.07) is 50.8. The Balaban J connectivity index is 1.09. The van der Waals surface area contributed by atoms with Crippen molar-refractivity contribution in [2.75, 3.05) is 0 Å². The van der Waals surface area contributed by atoms with Crippen LogP contribution in [0.3, 0.4) is 0 Å². The van der Waals surface area contributed by atoms with Crippen LogP contribution in [0.1, 0.15) is 5.69 Å². The van der Waals surface area contributed by atoms with Gasteiger partial charge in [-0.3, -0.25) is 4.57 Å². The third kappa shape index (κ3) is 5.88. The minimum Gasteiger partial charge on any atom is -0.299 e. The Morgan fingerprint density at radius 2 is 1.18 bits per heavy atom. The molecule has 0 amide bonds. The van der Waals surface area contributed by atoms with Crippen molar-refractivity contribution < 1.29 is 0 Å². The molecule has 0 atom stereocenters. The van der Waals surface area contributed by atoms with E-state index in [9.17, 15) is 0 Å². The van der Waals surface area contributed by atoms with Crippen molar-refractivity contribution in [1.29, 1.82) is 0 Å². The van der Waals surface area contributed by atoms with Crippen LogP contribution in [-0.2, 0) is 0 Å². The third-order valence-corrected chi connectivity index (χ3v) is 8.86. The summed E-state index contributed by atoms with van der Waals surface area (Å²) in [7, 11) is 0. The fraction of sp³-hybridized carbons (Fsp3) is 0. The summed E-state index contributed by atoms with van der Waals surface area (Å²) in [6.45, 7) is 7.86. The molecule has 49 heavy (non-hydrogen) atoms. The van der Waals surface area contributed by atoms with Crippen LogP contribution in [0.15, 0.2) is 183 Å². The van der Waals surface area contributed by atoms with Crippen LogP contribution >= 0.6 is 0 Å². The molecular formula is C45H32N4. The Bertz CT molecular complexity index is 2500. The van der Waals surface area contributed by atoms with Crippen LogP contribution in [0.2, 0.25) is 0 Å². The first-order valence-electron chi connectivity index (χ1n) is 16.2. The van der Waals surface area contributed by atoms with Crippen molar-refractivity contribution >= 4 is 27.4 Å². The first-order chi connectivity index (χ1) is 24.2. The lowest BCUT2D eigenvalue weighted by molar-refractivity contribution is 1.09. The Morgan fingerprint density at radius 3 is 1.88 bits per heavy atom. The average Bonchev–Trinajstić information content (AvgIpc) is 3.61. The van der Waals surface area contributed by atoms with Crippen molar-refractivity contribution in [2.45, 2.75) is 0 Å². The smallest absolute Gasteiger partial charge is 0.160 e. The van der Waals surface area contributed by atoms with Crippen LogP contribution in [-0.4, -0.2) is 19.5 Å². The number of nitrogens with zero attached hydrogens (tertiary/aromatic N) is 4. The standard InChI is InChI=1S/C45H32N4/c1-3-10-31(4-2)42-29-43(35-11-6-5-7-12-35)48-45(47-42)36-19-15-32(16-20-36)37-21-17-34-18-22-38(28-39(34)27-37)33-23-25-40(26-24-33)49-30-46-41-13-8-9-14-44(41)49/h3-30H,1-2H2/b31-10+. The number of fused-ring (bicyclic) bond motifs is 2. The van der Waals surface area contributed by atoms with Gasteiger partial charge in [0.25, 0.3) is 0 Å². The van der Waals surface area contributed by atoms with Crippen molar-refractivity contribution in [3.63, 3.8) is 0 Å². The second-order valence-electron chi connectivity index (χ2n) is 11.9. The maximum Gasteiger partial charge on any atom is 0.160 e. The maximum absolute atomic E-state index is 4.96. The lowest BCUT2D eigenvalue weighted by atomic mass is 9.97. The number of hydrogen-bond acceptors (Lipinski definition) is 3. The van der Waals surface area contributed by atoms with E-state index in [4.69, 9.17) is 9.97 Å². The molecular weight excluding hydrogens is 597 g/mol. The SMILES string of the molecule is C=C/C=C(\C=C)c1cc(-c2ccccc2)nc(-c2ccc(-c3ccc4ccc(-c5ccc(-n6cnc7ccccc76)cc5)cc4c3)cc2)n1. The highest BCUT2D eigenvalue weighted by atomic mass is 15.0. The molecule has 2 aromatic heterocycles. The molecule has 0 unspecified atom stereocenters. The molecule has 6 aromatic carbocycles. The highest BCUT2D eigenvalue weighted by Crippen LogP contribution is 2.32. The van der Waals surface area contributed by atoms with Gasteiger partial charge in [0.1, 0.15) is 6.33 Å². The monoisotopic (exact) mass is 628 g/mol. The maximum atomic E-state index is 4.96. The average molecular weight is 629 g/mol. The highest BCUT2D eigenvalue weighted by Gasteiger charge is 2.12. The molecule has 0 N–H and O–H groups in total. The first-order valence-corrected chi connectivity index (χ1v) is 16.2. The van der Waals surface area contributed by atoms with Crippen LogP contribution in [0.25, 0.3) is 78.0 Å². The summed E-state index contributed by atoms with van der Waals surface area (Å²) in [4.78, 5) is 14.4. The Labute approximate surface area is 285 Å². The zero-order chi connectivity index (χ0) is 33.2. The van der Waals surface area contributed by atoms with Gasteiger partial charge >= 0.3 is 0 Å². The fourth-order valence-corrected chi connectivity index (χ4v) is 6.26. The molecule has 2 heterocycles. The molecule has 0 saturated heterocycles. The zero-order valence-electron chi connectivity index (χ0n) is 26.9. The van der Waals surface area contributed by atoms with Gasteiger partial charge in [0, 0.05) is 16.8 Å². The van der Waals surface area contributed by atoms with Gasteiger partial charge in [-0.1, -0.05) is 135 Å². The number of benzene rings is 6. The van der Waals surface area contributed by atoms with E-state index < -0.39 is 0 Å². The van der Waals surface area contributed by atoms with Crippen LogP contribution in [0.5, 0.6) is 0 Å². The van der Waals surface area contributed by atoms with Gasteiger partial charge in [-0.25, -0.2) is 15.0 Å². The number of imidazole rings is 1. The van der Waals surface area contributed by atoms with E-state index in [1.54, 1.807) is 12.2 Å². The van der Waals surface area contributed by atoms with E-state index >= 15 is 0 Å². The van der Waals surface area contributed by atoms with Gasteiger partial charge in [0.2, 0.25) is 0 Å². The molecule has 0 saturated carbocycles. The molecule has 0 bridgehead atoms. The molecule has 0 spiro atoms. The summed E-state index contributed by atoms with van der Waals surface area (Å²) < 4.78 is 2.13. The number of rotatable bonds is 8. The summed E-state index contributed by atoms with van der Waals surface area (Å²) in [6.07, 6.45) is 7.36. The van der Waals surface area contributed by atoms with Crippen LogP contribution in [0, 0.1) is 0 Å². The molecule has 0 aliphatic carbocycles. The molecule has 0 aliphatic rings. The van der Waals surface area contributed by atoms with Gasteiger partial charge in [-0.2, -0.15) is 0 Å². The largest absolute Gasteiger partial charge is 0.299 e. The van der Waals surface area contributed by atoms with E-state index in [0.717, 1.165) is 55.9 Å². The highest BCUT2D eigenvalue weighted by molar-refractivity contribution is 5.91. The van der Waals surface area contributed by atoms with Gasteiger partial charge in [-0.15, -0.1) is 0 Å². The third-order valence-electron chi connectivity index (χ3n) is 8.86.